The van der Waals surface area contributed by atoms with Crippen LogP contribution in [0, 0.1) is 0 Å². The molecule has 0 aliphatic heterocycles. The topological polar surface area (TPSA) is 38.9 Å². The number of aromatic nitrogens is 2. The Labute approximate surface area is 154 Å². The molecule has 3 heteroatoms. The van der Waals surface area contributed by atoms with Crippen LogP contribution in [0.4, 0.5) is 0 Å². The van der Waals surface area contributed by atoms with Gasteiger partial charge in [-0.2, -0.15) is 0 Å². The molecule has 0 unspecified atom stereocenters. The minimum Gasteiger partial charge on any atom is -0.452 e. The maximum Gasteiger partial charge on any atom is 0.180 e. The average molecular weight is 346 g/mol. The maximum absolute atomic E-state index is 6.27. The Kier molecular flexibility index (Phi) is 2.88. The molecule has 6 aromatic rings. The molecule has 0 fully saturated rings. The molecule has 0 bridgehead atoms. The van der Waals surface area contributed by atoms with Crippen LogP contribution in [-0.2, 0) is 0 Å². The lowest BCUT2D eigenvalue weighted by Gasteiger charge is -2.06. The van der Waals surface area contributed by atoms with Crippen molar-refractivity contribution < 1.29 is 4.42 Å². The first-order valence-corrected chi connectivity index (χ1v) is 8.93. The third-order valence-electron chi connectivity index (χ3n) is 5.19. The van der Waals surface area contributed by atoms with Crippen molar-refractivity contribution in [3.8, 4) is 11.3 Å². The smallest absolute Gasteiger partial charge is 0.180 e. The fraction of sp³-hybridized carbons (Fsp3) is 0. The first kappa shape index (κ1) is 14.4. The van der Waals surface area contributed by atoms with Crippen LogP contribution in [0.1, 0.15) is 0 Å². The minimum absolute atomic E-state index is 0.736. The summed E-state index contributed by atoms with van der Waals surface area (Å²) >= 11 is 0. The van der Waals surface area contributed by atoms with E-state index in [9.17, 15) is 0 Å². The number of nitrogens with zero attached hydrogens (tertiary/aromatic N) is 2. The van der Waals surface area contributed by atoms with Crippen LogP contribution in [-0.4, -0.2) is 9.97 Å². The Morgan fingerprint density at radius 2 is 1.37 bits per heavy atom. The van der Waals surface area contributed by atoms with Crippen molar-refractivity contribution in [2.24, 2.45) is 0 Å². The van der Waals surface area contributed by atoms with Crippen LogP contribution >= 0.6 is 0 Å². The van der Waals surface area contributed by atoms with Crippen molar-refractivity contribution in [2.75, 3.05) is 0 Å². The quantitative estimate of drug-likeness (QED) is 0.348. The summed E-state index contributed by atoms with van der Waals surface area (Å²) in [7, 11) is 0. The first-order valence-electron chi connectivity index (χ1n) is 8.93. The molecule has 27 heavy (non-hydrogen) atoms. The highest BCUT2D eigenvalue weighted by molar-refractivity contribution is 6.19. The summed E-state index contributed by atoms with van der Waals surface area (Å²) in [5.74, 6) is 0. The van der Waals surface area contributed by atoms with Crippen molar-refractivity contribution in [1.82, 2.24) is 9.97 Å². The van der Waals surface area contributed by atoms with Gasteiger partial charge in [0.25, 0.3) is 0 Å². The molecular weight excluding hydrogens is 332 g/mol. The number of benzene rings is 4. The highest BCUT2D eigenvalue weighted by Crippen LogP contribution is 2.38. The zero-order valence-electron chi connectivity index (χ0n) is 14.4. The molecule has 126 valence electrons. The third kappa shape index (κ3) is 2.02. The Morgan fingerprint density at radius 1 is 0.630 bits per heavy atom. The second-order valence-corrected chi connectivity index (χ2v) is 6.69. The predicted octanol–water partition coefficient (Wildman–Crippen LogP) is 6.35. The van der Waals surface area contributed by atoms with Gasteiger partial charge in [-0.15, -0.1) is 0 Å². The number of fused-ring (bicyclic) bond motifs is 6. The van der Waals surface area contributed by atoms with Gasteiger partial charge in [-0.25, -0.2) is 9.97 Å². The predicted molar refractivity (Wildman–Crippen MR) is 110 cm³/mol. The van der Waals surface area contributed by atoms with Gasteiger partial charge in [0.15, 0.2) is 5.58 Å². The van der Waals surface area contributed by atoms with E-state index in [1.165, 1.54) is 10.8 Å². The van der Waals surface area contributed by atoms with Crippen molar-refractivity contribution in [3.63, 3.8) is 0 Å². The van der Waals surface area contributed by atoms with E-state index in [4.69, 9.17) is 4.42 Å². The summed E-state index contributed by atoms with van der Waals surface area (Å²) < 4.78 is 6.27. The van der Waals surface area contributed by atoms with E-state index >= 15 is 0 Å². The zero-order valence-corrected chi connectivity index (χ0v) is 14.4. The van der Waals surface area contributed by atoms with Gasteiger partial charge in [-0.1, -0.05) is 72.8 Å². The molecule has 0 amide bonds. The fourth-order valence-corrected chi connectivity index (χ4v) is 3.96. The van der Waals surface area contributed by atoms with Crippen molar-refractivity contribution in [1.29, 1.82) is 0 Å². The molecule has 0 spiro atoms. The highest BCUT2D eigenvalue weighted by Gasteiger charge is 2.17. The van der Waals surface area contributed by atoms with Crippen molar-refractivity contribution in [3.05, 3.63) is 85.2 Å². The molecule has 0 radical (unpaired) electrons. The second kappa shape index (κ2) is 5.39. The minimum atomic E-state index is 0.736. The second-order valence-electron chi connectivity index (χ2n) is 6.69. The summed E-state index contributed by atoms with van der Waals surface area (Å²) in [6.07, 6.45) is 1.64. The summed E-state index contributed by atoms with van der Waals surface area (Å²) in [5, 5.41) is 5.72. The molecule has 0 saturated carbocycles. The molecular formula is C24H14N2O. The van der Waals surface area contributed by atoms with Crippen LogP contribution in [0.2, 0.25) is 0 Å². The molecule has 0 aliphatic rings. The summed E-state index contributed by atoms with van der Waals surface area (Å²) in [5.41, 5.74) is 4.33. The Hall–Kier alpha value is -3.72. The summed E-state index contributed by atoms with van der Waals surface area (Å²) in [4.78, 5) is 9.18. The van der Waals surface area contributed by atoms with Gasteiger partial charge in [0, 0.05) is 5.56 Å². The van der Waals surface area contributed by atoms with Gasteiger partial charge in [0.1, 0.15) is 23.1 Å². The SMILES string of the molecule is c1ccc2c(-c3ncnc4c3oc3ccc5ccccc5c34)cccc2c1. The first-order chi connectivity index (χ1) is 13.4. The molecule has 4 aromatic carbocycles. The molecule has 3 nitrogen and oxygen atoms in total. The number of furan rings is 1. The molecule has 2 heterocycles. The molecule has 0 aliphatic carbocycles. The van der Waals surface area contributed by atoms with E-state index in [1.54, 1.807) is 6.33 Å². The molecule has 0 saturated heterocycles. The largest absolute Gasteiger partial charge is 0.452 e. The van der Waals surface area contributed by atoms with E-state index in [1.807, 2.05) is 18.2 Å². The van der Waals surface area contributed by atoms with Gasteiger partial charge >= 0.3 is 0 Å². The van der Waals surface area contributed by atoms with Gasteiger partial charge < -0.3 is 4.42 Å². The van der Waals surface area contributed by atoms with Crippen molar-refractivity contribution >= 4 is 43.6 Å². The van der Waals surface area contributed by atoms with E-state index < -0.39 is 0 Å². The monoisotopic (exact) mass is 346 g/mol. The van der Waals surface area contributed by atoms with Crippen LogP contribution in [0.3, 0.4) is 0 Å². The summed E-state index contributed by atoms with van der Waals surface area (Å²) in [6.45, 7) is 0. The number of rotatable bonds is 1. The Bertz CT molecular complexity index is 1470. The van der Waals surface area contributed by atoms with Crippen molar-refractivity contribution in [2.45, 2.75) is 0 Å². The third-order valence-corrected chi connectivity index (χ3v) is 5.19. The molecule has 6 rings (SSSR count). The standard InChI is InChI=1S/C24H14N2O/c1-3-9-17-15(6-1)8-5-11-19(17)22-24-23(26-14-25-22)21-18-10-4-2-7-16(18)12-13-20(21)27-24/h1-14H. The van der Waals surface area contributed by atoms with Gasteiger partial charge in [0.05, 0.1) is 5.39 Å². The van der Waals surface area contributed by atoms with Crippen LogP contribution < -0.4 is 0 Å². The van der Waals surface area contributed by atoms with E-state index in [0.717, 1.165) is 44.1 Å². The van der Waals surface area contributed by atoms with E-state index in [-0.39, 0.29) is 0 Å². The van der Waals surface area contributed by atoms with Gasteiger partial charge in [-0.05, 0) is 27.6 Å². The lowest BCUT2D eigenvalue weighted by molar-refractivity contribution is 0.667. The van der Waals surface area contributed by atoms with E-state index in [0.29, 0.717) is 0 Å². The number of hydrogen-bond donors (Lipinski definition) is 0. The van der Waals surface area contributed by atoms with E-state index in [2.05, 4.69) is 70.6 Å². The lowest BCUT2D eigenvalue weighted by Crippen LogP contribution is -1.88. The fourth-order valence-electron chi connectivity index (χ4n) is 3.96. The Balaban J connectivity index is 1.77. The normalized spacial score (nSPS) is 11.7. The summed E-state index contributed by atoms with van der Waals surface area (Å²) in [6, 6.07) is 27.0. The zero-order chi connectivity index (χ0) is 17.8. The van der Waals surface area contributed by atoms with Crippen LogP contribution in [0.25, 0.3) is 54.9 Å². The number of hydrogen-bond acceptors (Lipinski definition) is 3. The van der Waals surface area contributed by atoms with Crippen LogP contribution in [0.5, 0.6) is 0 Å². The molecule has 0 N–H and O–H groups in total. The molecule has 0 atom stereocenters. The van der Waals surface area contributed by atoms with Crippen LogP contribution in [0.15, 0.2) is 89.6 Å². The highest BCUT2D eigenvalue weighted by atomic mass is 16.3. The Morgan fingerprint density at radius 3 is 2.26 bits per heavy atom. The average Bonchev–Trinajstić information content (AvgIpc) is 3.13. The molecule has 2 aromatic heterocycles. The van der Waals surface area contributed by atoms with Gasteiger partial charge in [-0.3, -0.25) is 0 Å². The maximum atomic E-state index is 6.27. The van der Waals surface area contributed by atoms with Gasteiger partial charge in [0.2, 0.25) is 0 Å². The lowest BCUT2D eigenvalue weighted by atomic mass is 10.0.